The summed E-state index contributed by atoms with van der Waals surface area (Å²) in [5.74, 6) is 0.320. The highest BCUT2D eigenvalue weighted by Gasteiger charge is 2.04. The van der Waals surface area contributed by atoms with Crippen LogP contribution in [0.5, 0.6) is 5.75 Å². The highest BCUT2D eigenvalue weighted by Crippen LogP contribution is 2.19. The summed E-state index contributed by atoms with van der Waals surface area (Å²) in [4.78, 5) is 1.97. The molecule has 0 aromatic heterocycles. The molecule has 0 saturated heterocycles. The highest BCUT2D eigenvalue weighted by atomic mass is 16.3. The van der Waals surface area contributed by atoms with Crippen LogP contribution < -0.4 is 0 Å². The Morgan fingerprint density at radius 3 is 2.71 bits per heavy atom. The molecule has 0 heterocycles. The second kappa shape index (κ2) is 4.98. The fourth-order valence-electron chi connectivity index (χ4n) is 1.38. The average molecular weight is 195 g/mol. The molecule has 0 spiro atoms. The molecule has 0 atom stereocenters. The van der Waals surface area contributed by atoms with Crippen molar-refractivity contribution in [2.45, 2.75) is 13.5 Å². The van der Waals surface area contributed by atoms with Gasteiger partial charge in [-0.15, -0.1) is 0 Å². The van der Waals surface area contributed by atoms with Crippen LogP contribution in [0.25, 0.3) is 0 Å². The summed E-state index contributed by atoms with van der Waals surface area (Å²) in [7, 11) is 1.91. The Hall–Kier alpha value is -1.06. The van der Waals surface area contributed by atoms with Crippen molar-refractivity contribution in [3.05, 3.63) is 29.3 Å². The number of aliphatic hydroxyl groups is 1. The monoisotopic (exact) mass is 195 g/mol. The predicted molar refractivity (Wildman–Crippen MR) is 56.3 cm³/mol. The van der Waals surface area contributed by atoms with Gasteiger partial charge in [-0.05, 0) is 20.0 Å². The van der Waals surface area contributed by atoms with Crippen LogP contribution in [0.3, 0.4) is 0 Å². The number of benzene rings is 1. The van der Waals surface area contributed by atoms with Crippen molar-refractivity contribution in [1.29, 1.82) is 0 Å². The molecule has 1 aromatic carbocycles. The largest absolute Gasteiger partial charge is 0.508 e. The van der Waals surface area contributed by atoms with Crippen molar-refractivity contribution in [3.8, 4) is 5.75 Å². The van der Waals surface area contributed by atoms with Crippen LogP contribution in [0.15, 0.2) is 18.2 Å². The molecule has 0 aliphatic heterocycles. The van der Waals surface area contributed by atoms with E-state index in [0.29, 0.717) is 18.8 Å². The maximum atomic E-state index is 9.56. The third-order valence-corrected chi connectivity index (χ3v) is 2.16. The van der Waals surface area contributed by atoms with Crippen LogP contribution in [-0.4, -0.2) is 35.3 Å². The van der Waals surface area contributed by atoms with E-state index in [1.165, 1.54) is 0 Å². The normalized spacial score (nSPS) is 10.9. The van der Waals surface area contributed by atoms with Crippen molar-refractivity contribution in [3.63, 3.8) is 0 Å². The number of aryl methyl sites for hydroxylation is 1. The lowest BCUT2D eigenvalue weighted by Gasteiger charge is -2.16. The number of aliphatic hydroxyl groups excluding tert-OH is 1. The third-order valence-electron chi connectivity index (χ3n) is 2.16. The molecule has 0 saturated carbocycles. The van der Waals surface area contributed by atoms with Gasteiger partial charge in [-0.25, -0.2) is 0 Å². The summed E-state index contributed by atoms with van der Waals surface area (Å²) in [6.45, 7) is 3.42. The first kappa shape index (κ1) is 11.0. The Bertz CT molecular complexity index is 299. The van der Waals surface area contributed by atoms with Gasteiger partial charge in [-0.1, -0.05) is 17.7 Å². The fraction of sp³-hybridized carbons (Fsp3) is 0.455. The van der Waals surface area contributed by atoms with Gasteiger partial charge in [-0.2, -0.15) is 0 Å². The third kappa shape index (κ3) is 3.01. The lowest BCUT2D eigenvalue weighted by molar-refractivity contribution is 0.216. The zero-order valence-corrected chi connectivity index (χ0v) is 8.70. The molecule has 0 aliphatic carbocycles. The van der Waals surface area contributed by atoms with E-state index < -0.39 is 0 Å². The van der Waals surface area contributed by atoms with Crippen molar-refractivity contribution in [2.75, 3.05) is 20.2 Å². The lowest BCUT2D eigenvalue weighted by Crippen LogP contribution is -2.21. The zero-order chi connectivity index (χ0) is 10.6. The van der Waals surface area contributed by atoms with Crippen LogP contribution in [0.2, 0.25) is 0 Å². The first-order chi connectivity index (χ1) is 6.63. The van der Waals surface area contributed by atoms with E-state index in [1.807, 2.05) is 31.0 Å². The molecule has 0 fully saturated rings. The van der Waals surface area contributed by atoms with Gasteiger partial charge in [0.2, 0.25) is 0 Å². The molecule has 0 aliphatic rings. The minimum absolute atomic E-state index is 0.142. The van der Waals surface area contributed by atoms with Gasteiger partial charge >= 0.3 is 0 Å². The van der Waals surface area contributed by atoms with Gasteiger partial charge in [-0.3, -0.25) is 4.90 Å². The minimum Gasteiger partial charge on any atom is -0.508 e. The summed E-state index contributed by atoms with van der Waals surface area (Å²) in [5, 5.41) is 18.3. The van der Waals surface area contributed by atoms with Crippen LogP contribution >= 0.6 is 0 Å². The smallest absolute Gasteiger partial charge is 0.120 e. The number of aromatic hydroxyl groups is 1. The molecule has 3 heteroatoms. The topological polar surface area (TPSA) is 43.7 Å². The quantitative estimate of drug-likeness (QED) is 0.756. The summed E-state index contributed by atoms with van der Waals surface area (Å²) < 4.78 is 0. The lowest BCUT2D eigenvalue weighted by atomic mass is 10.1. The molecular weight excluding hydrogens is 178 g/mol. The van der Waals surface area contributed by atoms with E-state index in [2.05, 4.69) is 0 Å². The fourth-order valence-corrected chi connectivity index (χ4v) is 1.38. The molecule has 2 N–H and O–H groups in total. The van der Waals surface area contributed by atoms with Gasteiger partial charge in [0.25, 0.3) is 0 Å². The summed E-state index contributed by atoms with van der Waals surface area (Å²) >= 11 is 0. The van der Waals surface area contributed by atoms with Gasteiger partial charge in [0.05, 0.1) is 6.61 Å². The average Bonchev–Trinajstić information content (AvgIpc) is 2.12. The summed E-state index contributed by atoms with van der Waals surface area (Å²) in [5.41, 5.74) is 2.04. The number of phenolic OH excluding ortho intramolecular Hbond substituents is 1. The minimum atomic E-state index is 0.142. The zero-order valence-electron chi connectivity index (χ0n) is 8.70. The van der Waals surface area contributed by atoms with E-state index in [0.717, 1.165) is 11.1 Å². The Labute approximate surface area is 84.6 Å². The van der Waals surface area contributed by atoms with Gasteiger partial charge in [0, 0.05) is 18.7 Å². The number of likely N-dealkylation sites (N-methyl/N-ethyl adjacent to an activating group) is 1. The number of rotatable bonds is 4. The van der Waals surface area contributed by atoms with Crippen LogP contribution in [-0.2, 0) is 6.54 Å². The van der Waals surface area contributed by atoms with Crippen LogP contribution in [0.1, 0.15) is 11.1 Å². The first-order valence-electron chi connectivity index (χ1n) is 4.71. The predicted octanol–water partition coefficient (Wildman–Crippen LogP) is 1.12. The summed E-state index contributed by atoms with van der Waals surface area (Å²) in [6.07, 6.45) is 0. The van der Waals surface area contributed by atoms with E-state index in [4.69, 9.17) is 5.11 Å². The second-order valence-corrected chi connectivity index (χ2v) is 3.59. The Morgan fingerprint density at radius 1 is 1.36 bits per heavy atom. The Balaban J connectivity index is 2.70. The molecule has 14 heavy (non-hydrogen) atoms. The van der Waals surface area contributed by atoms with E-state index in [-0.39, 0.29) is 6.61 Å². The van der Waals surface area contributed by atoms with Gasteiger partial charge in [0.1, 0.15) is 5.75 Å². The van der Waals surface area contributed by atoms with Crippen LogP contribution in [0, 0.1) is 6.92 Å². The number of hydrogen-bond acceptors (Lipinski definition) is 3. The second-order valence-electron chi connectivity index (χ2n) is 3.59. The van der Waals surface area contributed by atoms with E-state index >= 15 is 0 Å². The van der Waals surface area contributed by atoms with Crippen molar-refractivity contribution >= 4 is 0 Å². The Kier molecular flexibility index (Phi) is 3.92. The maximum Gasteiger partial charge on any atom is 0.120 e. The summed E-state index contributed by atoms with van der Waals surface area (Å²) in [6, 6.07) is 5.55. The maximum absolute atomic E-state index is 9.56. The molecule has 0 amide bonds. The standard InChI is InChI=1S/C11H17NO2/c1-9-3-4-11(14)10(7-9)8-12(2)5-6-13/h3-4,7,13-14H,5-6,8H2,1-2H3. The highest BCUT2D eigenvalue weighted by molar-refractivity contribution is 5.35. The van der Waals surface area contributed by atoms with Gasteiger partial charge in [0.15, 0.2) is 0 Å². The Morgan fingerprint density at radius 2 is 2.07 bits per heavy atom. The number of hydrogen-bond donors (Lipinski definition) is 2. The molecule has 0 unspecified atom stereocenters. The van der Waals surface area contributed by atoms with Crippen molar-refractivity contribution in [2.24, 2.45) is 0 Å². The molecule has 0 radical (unpaired) electrons. The molecule has 0 bridgehead atoms. The van der Waals surface area contributed by atoms with E-state index in [1.54, 1.807) is 6.07 Å². The molecule has 1 aromatic rings. The van der Waals surface area contributed by atoms with Gasteiger partial charge < -0.3 is 10.2 Å². The molecule has 1 rings (SSSR count). The molecule has 3 nitrogen and oxygen atoms in total. The van der Waals surface area contributed by atoms with Crippen molar-refractivity contribution in [1.82, 2.24) is 4.90 Å². The van der Waals surface area contributed by atoms with E-state index in [9.17, 15) is 5.11 Å². The number of phenols is 1. The molecule has 78 valence electrons. The molecular formula is C11H17NO2. The van der Waals surface area contributed by atoms with Crippen molar-refractivity contribution < 1.29 is 10.2 Å². The van der Waals surface area contributed by atoms with Crippen LogP contribution in [0.4, 0.5) is 0 Å². The number of nitrogens with zero attached hydrogens (tertiary/aromatic N) is 1. The SMILES string of the molecule is Cc1ccc(O)c(CN(C)CCO)c1. The first-order valence-corrected chi connectivity index (χ1v) is 4.71.